The van der Waals surface area contributed by atoms with Gasteiger partial charge in [-0.05, 0) is 42.1 Å². The highest BCUT2D eigenvalue weighted by Crippen LogP contribution is 2.35. The van der Waals surface area contributed by atoms with Crippen molar-refractivity contribution in [3.05, 3.63) is 48.0 Å². The van der Waals surface area contributed by atoms with Crippen LogP contribution in [0, 0.1) is 0 Å². The third-order valence-corrected chi connectivity index (χ3v) is 4.74. The first kappa shape index (κ1) is 16.9. The lowest BCUT2D eigenvalue weighted by Gasteiger charge is -2.25. The summed E-state index contributed by atoms with van der Waals surface area (Å²) in [4.78, 5) is 14.5. The third-order valence-electron chi connectivity index (χ3n) is 4.74. The lowest BCUT2D eigenvalue weighted by molar-refractivity contribution is -0.122. The van der Waals surface area contributed by atoms with Crippen molar-refractivity contribution in [1.82, 2.24) is 10.2 Å². The number of ether oxygens (including phenoxy) is 1. The molecule has 1 N–H and O–H groups in total. The Labute approximate surface area is 143 Å². The summed E-state index contributed by atoms with van der Waals surface area (Å²) in [5.41, 5.74) is 1.35. The molecule has 1 atom stereocenters. The summed E-state index contributed by atoms with van der Waals surface area (Å²) in [7, 11) is 1.68. The zero-order valence-electron chi connectivity index (χ0n) is 14.3. The molecule has 2 aromatic rings. The average molecular weight is 326 g/mol. The standard InChI is InChI=1S/C20H26N2O2/c1-24-14-6-12-21-20(23)15-22-13-5-11-19(22)18-10-4-8-16-7-2-3-9-17(16)18/h2-4,7-10,19H,5-6,11-15H2,1H3,(H,21,23). The van der Waals surface area contributed by atoms with Gasteiger partial charge in [-0.2, -0.15) is 0 Å². The Hall–Kier alpha value is -1.91. The molecule has 0 saturated carbocycles. The Morgan fingerprint density at radius 2 is 2.08 bits per heavy atom. The Morgan fingerprint density at radius 1 is 1.25 bits per heavy atom. The molecule has 1 aliphatic heterocycles. The van der Waals surface area contributed by atoms with E-state index in [2.05, 4.69) is 52.7 Å². The maximum absolute atomic E-state index is 12.2. The molecule has 1 aliphatic rings. The number of carbonyl (C=O) groups excluding carboxylic acids is 1. The Bertz CT molecular complexity index is 681. The fourth-order valence-corrected chi connectivity index (χ4v) is 3.59. The monoisotopic (exact) mass is 326 g/mol. The van der Waals surface area contributed by atoms with Gasteiger partial charge < -0.3 is 10.1 Å². The zero-order chi connectivity index (χ0) is 16.8. The number of hydrogen-bond acceptors (Lipinski definition) is 3. The van der Waals surface area contributed by atoms with E-state index < -0.39 is 0 Å². The van der Waals surface area contributed by atoms with E-state index in [1.165, 1.54) is 16.3 Å². The first-order valence-corrected chi connectivity index (χ1v) is 8.77. The van der Waals surface area contributed by atoms with Gasteiger partial charge in [-0.25, -0.2) is 0 Å². The number of amides is 1. The summed E-state index contributed by atoms with van der Waals surface area (Å²) in [5, 5.41) is 5.57. The van der Waals surface area contributed by atoms with Crippen LogP contribution in [0.1, 0.15) is 30.9 Å². The number of nitrogens with one attached hydrogen (secondary N) is 1. The highest BCUT2D eigenvalue weighted by atomic mass is 16.5. The minimum atomic E-state index is 0.109. The molecule has 0 aromatic heterocycles. The molecule has 3 rings (SSSR count). The number of nitrogens with zero attached hydrogens (tertiary/aromatic N) is 1. The van der Waals surface area contributed by atoms with Gasteiger partial charge in [-0.15, -0.1) is 0 Å². The van der Waals surface area contributed by atoms with E-state index in [4.69, 9.17) is 4.74 Å². The van der Waals surface area contributed by atoms with Crippen molar-refractivity contribution < 1.29 is 9.53 Å². The topological polar surface area (TPSA) is 41.6 Å². The van der Waals surface area contributed by atoms with E-state index in [9.17, 15) is 4.79 Å². The smallest absolute Gasteiger partial charge is 0.234 e. The van der Waals surface area contributed by atoms with Crippen molar-refractivity contribution in [2.75, 3.05) is 33.4 Å². The van der Waals surface area contributed by atoms with Gasteiger partial charge in [0.15, 0.2) is 0 Å². The summed E-state index contributed by atoms with van der Waals surface area (Å²) in [6.45, 7) is 2.82. The lowest BCUT2D eigenvalue weighted by atomic mass is 9.97. The van der Waals surface area contributed by atoms with Gasteiger partial charge in [0.1, 0.15) is 0 Å². The SMILES string of the molecule is COCCCNC(=O)CN1CCCC1c1cccc2ccccc12. The minimum Gasteiger partial charge on any atom is -0.385 e. The molecule has 4 heteroatoms. The van der Waals surface area contributed by atoms with E-state index in [0.29, 0.717) is 25.7 Å². The van der Waals surface area contributed by atoms with Gasteiger partial charge in [0.25, 0.3) is 0 Å². The van der Waals surface area contributed by atoms with Crippen LogP contribution >= 0.6 is 0 Å². The second-order valence-electron chi connectivity index (χ2n) is 6.39. The van der Waals surface area contributed by atoms with Crippen molar-refractivity contribution in [2.45, 2.75) is 25.3 Å². The summed E-state index contributed by atoms with van der Waals surface area (Å²) >= 11 is 0. The largest absolute Gasteiger partial charge is 0.385 e. The summed E-state index contributed by atoms with van der Waals surface area (Å²) in [6, 6.07) is 15.3. The highest BCUT2D eigenvalue weighted by Gasteiger charge is 2.28. The van der Waals surface area contributed by atoms with Crippen LogP contribution < -0.4 is 5.32 Å². The van der Waals surface area contributed by atoms with Crippen molar-refractivity contribution >= 4 is 16.7 Å². The predicted octanol–water partition coefficient (Wildman–Crippen LogP) is 3.13. The lowest BCUT2D eigenvalue weighted by Crippen LogP contribution is -2.37. The second kappa shape index (κ2) is 8.27. The van der Waals surface area contributed by atoms with Crippen LogP contribution in [0.15, 0.2) is 42.5 Å². The van der Waals surface area contributed by atoms with Crippen LogP contribution in [-0.4, -0.2) is 44.2 Å². The number of carbonyl (C=O) groups is 1. The number of fused-ring (bicyclic) bond motifs is 1. The molecule has 1 unspecified atom stereocenters. The van der Waals surface area contributed by atoms with Crippen LogP contribution in [0.5, 0.6) is 0 Å². The molecule has 24 heavy (non-hydrogen) atoms. The molecule has 1 heterocycles. The summed E-state index contributed by atoms with van der Waals surface area (Å²) in [5.74, 6) is 0.109. The maximum Gasteiger partial charge on any atom is 0.234 e. The molecule has 1 saturated heterocycles. The number of likely N-dealkylation sites (tertiary alicyclic amines) is 1. The van der Waals surface area contributed by atoms with Gasteiger partial charge in [0.05, 0.1) is 6.54 Å². The van der Waals surface area contributed by atoms with E-state index in [1.54, 1.807) is 7.11 Å². The molecule has 0 spiro atoms. The van der Waals surface area contributed by atoms with Crippen molar-refractivity contribution in [3.8, 4) is 0 Å². The number of benzene rings is 2. The van der Waals surface area contributed by atoms with E-state index in [0.717, 1.165) is 25.8 Å². The van der Waals surface area contributed by atoms with Gasteiger partial charge >= 0.3 is 0 Å². The van der Waals surface area contributed by atoms with Crippen molar-refractivity contribution in [2.24, 2.45) is 0 Å². The minimum absolute atomic E-state index is 0.109. The van der Waals surface area contributed by atoms with Crippen LogP contribution in [0.2, 0.25) is 0 Å². The number of hydrogen-bond donors (Lipinski definition) is 1. The van der Waals surface area contributed by atoms with Crippen molar-refractivity contribution in [3.63, 3.8) is 0 Å². The number of methoxy groups -OCH3 is 1. The fraction of sp³-hybridized carbons (Fsp3) is 0.450. The Kier molecular flexibility index (Phi) is 5.83. The van der Waals surface area contributed by atoms with Gasteiger partial charge in [0, 0.05) is 26.3 Å². The Balaban J connectivity index is 1.68. The molecule has 1 amide bonds. The third kappa shape index (κ3) is 3.94. The maximum atomic E-state index is 12.2. The van der Waals surface area contributed by atoms with E-state index in [-0.39, 0.29) is 5.91 Å². The quantitative estimate of drug-likeness (QED) is 0.795. The molecular formula is C20H26N2O2. The Morgan fingerprint density at radius 3 is 2.96 bits per heavy atom. The molecule has 0 radical (unpaired) electrons. The first-order chi connectivity index (χ1) is 11.8. The highest BCUT2D eigenvalue weighted by molar-refractivity contribution is 5.86. The first-order valence-electron chi connectivity index (χ1n) is 8.77. The number of rotatable bonds is 7. The molecule has 2 aromatic carbocycles. The molecule has 1 fully saturated rings. The molecule has 0 bridgehead atoms. The van der Waals surface area contributed by atoms with E-state index >= 15 is 0 Å². The normalized spacial score (nSPS) is 18.1. The van der Waals surface area contributed by atoms with Gasteiger partial charge in [-0.3, -0.25) is 9.69 Å². The molecular weight excluding hydrogens is 300 g/mol. The predicted molar refractivity (Wildman–Crippen MR) is 97.0 cm³/mol. The van der Waals surface area contributed by atoms with Crippen LogP contribution in [0.3, 0.4) is 0 Å². The van der Waals surface area contributed by atoms with Crippen molar-refractivity contribution in [1.29, 1.82) is 0 Å². The summed E-state index contributed by atoms with van der Waals surface area (Å²) < 4.78 is 5.01. The van der Waals surface area contributed by atoms with E-state index in [1.807, 2.05) is 0 Å². The fourth-order valence-electron chi connectivity index (χ4n) is 3.59. The van der Waals surface area contributed by atoms with Gasteiger partial charge in [-0.1, -0.05) is 42.5 Å². The van der Waals surface area contributed by atoms with Crippen LogP contribution in [0.25, 0.3) is 10.8 Å². The molecule has 4 nitrogen and oxygen atoms in total. The van der Waals surface area contributed by atoms with Crippen LogP contribution in [-0.2, 0) is 9.53 Å². The zero-order valence-corrected chi connectivity index (χ0v) is 14.3. The summed E-state index contributed by atoms with van der Waals surface area (Å²) in [6.07, 6.45) is 3.12. The van der Waals surface area contributed by atoms with Crippen LogP contribution in [0.4, 0.5) is 0 Å². The molecule has 0 aliphatic carbocycles. The average Bonchev–Trinajstić information content (AvgIpc) is 3.06. The molecule has 128 valence electrons. The van der Waals surface area contributed by atoms with Gasteiger partial charge in [0.2, 0.25) is 5.91 Å². The second-order valence-corrected chi connectivity index (χ2v) is 6.39.